The Kier molecular flexibility index (Phi) is 8.82. The van der Waals surface area contributed by atoms with E-state index in [1.165, 1.54) is 0 Å². The molecule has 0 heterocycles. The van der Waals surface area contributed by atoms with Crippen molar-refractivity contribution in [2.45, 2.75) is 26.3 Å². The number of rotatable bonds is 8. The maximum Gasteiger partial charge on any atom is 0.317 e. The molecule has 2 aromatic rings. The van der Waals surface area contributed by atoms with E-state index in [1.54, 1.807) is 11.8 Å². The van der Waals surface area contributed by atoms with E-state index in [2.05, 4.69) is 5.32 Å². The van der Waals surface area contributed by atoms with Crippen molar-refractivity contribution in [2.75, 3.05) is 18.4 Å². The third-order valence-corrected chi connectivity index (χ3v) is 4.05. The summed E-state index contributed by atoms with van der Waals surface area (Å²) in [6.07, 6.45) is 0.783. The lowest BCUT2D eigenvalue weighted by molar-refractivity contribution is -0.139. The molecule has 0 aliphatic rings. The molecule has 0 spiro atoms. The lowest BCUT2D eigenvalue weighted by atomic mass is 10.0. The second-order valence-corrected chi connectivity index (χ2v) is 5.94. The van der Waals surface area contributed by atoms with Gasteiger partial charge >= 0.3 is 5.97 Å². The largest absolute Gasteiger partial charge is 0.480 e. The molecule has 0 saturated heterocycles. The maximum absolute atomic E-state index is 12.6. The molecular formula is C20H25ClN2O3. The average Bonchev–Trinajstić information content (AvgIpc) is 2.61. The number of carbonyl (C=O) groups excluding carboxylic acids is 1. The highest BCUT2D eigenvalue weighted by molar-refractivity contribution is 5.98. The number of nitrogens with zero attached hydrogens (tertiary/aromatic N) is 1. The Morgan fingerprint density at radius 1 is 1.08 bits per heavy atom. The van der Waals surface area contributed by atoms with Gasteiger partial charge in [0, 0.05) is 11.3 Å². The number of halogens is 1. The number of amides is 1. The number of hydrogen-bond acceptors (Lipinski definition) is 3. The van der Waals surface area contributed by atoms with E-state index in [9.17, 15) is 9.59 Å². The minimum Gasteiger partial charge on any atom is -0.480 e. The van der Waals surface area contributed by atoms with Gasteiger partial charge in [0.1, 0.15) is 0 Å². The van der Waals surface area contributed by atoms with Crippen molar-refractivity contribution in [2.24, 2.45) is 0 Å². The SMILES string of the molecule is CCCN(CC(=O)O)C(C)C(=O)Nc1ccccc1-c1ccccc1.Cl. The summed E-state index contributed by atoms with van der Waals surface area (Å²) in [5, 5.41) is 12.0. The lowest BCUT2D eigenvalue weighted by Crippen LogP contribution is -2.45. The Hall–Kier alpha value is -2.37. The predicted molar refractivity (Wildman–Crippen MR) is 107 cm³/mol. The standard InChI is InChI=1S/C20H24N2O3.ClH/c1-3-13-22(14-19(23)24)15(2)20(25)21-18-12-8-7-11-17(18)16-9-5-4-6-10-16;/h4-12,15H,3,13-14H2,1-2H3,(H,21,25)(H,23,24);1H. The summed E-state index contributed by atoms with van der Waals surface area (Å²) in [6.45, 7) is 4.10. The van der Waals surface area contributed by atoms with Gasteiger partial charge in [0.05, 0.1) is 12.6 Å². The van der Waals surface area contributed by atoms with Gasteiger partial charge in [-0.2, -0.15) is 0 Å². The van der Waals surface area contributed by atoms with Crippen LogP contribution in [0.4, 0.5) is 5.69 Å². The van der Waals surface area contributed by atoms with Crippen LogP contribution in [0.2, 0.25) is 0 Å². The summed E-state index contributed by atoms with van der Waals surface area (Å²) < 4.78 is 0. The molecule has 0 radical (unpaired) electrons. The van der Waals surface area contributed by atoms with Crippen molar-refractivity contribution in [3.8, 4) is 11.1 Å². The summed E-state index contributed by atoms with van der Waals surface area (Å²) in [4.78, 5) is 25.4. The van der Waals surface area contributed by atoms with Crippen molar-refractivity contribution in [1.82, 2.24) is 4.90 Å². The van der Waals surface area contributed by atoms with Crippen LogP contribution in [0.15, 0.2) is 54.6 Å². The lowest BCUT2D eigenvalue weighted by Gasteiger charge is -2.26. The first-order valence-corrected chi connectivity index (χ1v) is 8.44. The highest BCUT2D eigenvalue weighted by atomic mass is 35.5. The number of hydrogen-bond donors (Lipinski definition) is 2. The molecule has 0 fully saturated rings. The number of aliphatic carboxylic acids is 1. The average molecular weight is 377 g/mol. The Balaban J connectivity index is 0.00000338. The Morgan fingerprint density at radius 2 is 1.69 bits per heavy atom. The zero-order valence-corrected chi connectivity index (χ0v) is 15.8. The van der Waals surface area contributed by atoms with Gasteiger partial charge in [-0.25, -0.2) is 0 Å². The molecule has 0 aromatic heterocycles. The third-order valence-electron chi connectivity index (χ3n) is 4.05. The van der Waals surface area contributed by atoms with Crippen LogP contribution >= 0.6 is 12.4 Å². The summed E-state index contributed by atoms with van der Waals surface area (Å²) >= 11 is 0. The van der Waals surface area contributed by atoms with E-state index < -0.39 is 12.0 Å². The summed E-state index contributed by atoms with van der Waals surface area (Å²) in [6, 6.07) is 16.9. The van der Waals surface area contributed by atoms with Crippen molar-refractivity contribution >= 4 is 30.0 Å². The number of carboxylic acid groups (broad SMARTS) is 1. The molecule has 0 saturated carbocycles. The maximum atomic E-state index is 12.6. The van der Waals surface area contributed by atoms with Crippen molar-refractivity contribution < 1.29 is 14.7 Å². The van der Waals surface area contributed by atoms with Crippen molar-refractivity contribution in [3.63, 3.8) is 0 Å². The fraction of sp³-hybridized carbons (Fsp3) is 0.300. The van der Waals surface area contributed by atoms with Gasteiger partial charge < -0.3 is 10.4 Å². The number of carboxylic acids is 1. The zero-order chi connectivity index (χ0) is 18.2. The Labute approximate surface area is 160 Å². The molecule has 2 rings (SSSR count). The molecule has 1 unspecified atom stereocenters. The third kappa shape index (κ3) is 5.86. The molecule has 0 aliphatic heterocycles. The molecule has 2 N–H and O–H groups in total. The minimum atomic E-state index is -0.933. The topological polar surface area (TPSA) is 69.6 Å². The van der Waals surface area contributed by atoms with Crippen molar-refractivity contribution in [3.05, 3.63) is 54.6 Å². The molecule has 1 amide bonds. The van der Waals surface area contributed by atoms with Gasteiger partial charge in [-0.1, -0.05) is 55.5 Å². The Bertz CT molecular complexity index is 722. The van der Waals surface area contributed by atoms with Crippen LogP contribution < -0.4 is 5.32 Å². The summed E-state index contributed by atoms with van der Waals surface area (Å²) in [5.41, 5.74) is 2.67. The second kappa shape index (κ2) is 10.6. The quantitative estimate of drug-likeness (QED) is 0.733. The molecule has 140 valence electrons. The highest BCUT2D eigenvalue weighted by Crippen LogP contribution is 2.27. The van der Waals surface area contributed by atoms with Gasteiger partial charge in [-0.3, -0.25) is 14.5 Å². The molecule has 1 atom stereocenters. The van der Waals surface area contributed by atoms with E-state index in [4.69, 9.17) is 5.11 Å². The van der Waals surface area contributed by atoms with Crippen LogP contribution in [0.1, 0.15) is 20.3 Å². The molecular weight excluding hydrogens is 352 g/mol. The molecule has 0 aliphatic carbocycles. The summed E-state index contributed by atoms with van der Waals surface area (Å²) in [7, 11) is 0. The zero-order valence-electron chi connectivity index (χ0n) is 15.0. The second-order valence-electron chi connectivity index (χ2n) is 5.94. The van der Waals surface area contributed by atoms with Crippen LogP contribution in [-0.4, -0.2) is 41.0 Å². The fourth-order valence-corrected chi connectivity index (χ4v) is 2.74. The first-order chi connectivity index (χ1) is 12.0. The van der Waals surface area contributed by atoms with Crippen LogP contribution in [0, 0.1) is 0 Å². The van der Waals surface area contributed by atoms with Gasteiger partial charge in [0.15, 0.2) is 0 Å². The van der Waals surface area contributed by atoms with E-state index in [-0.39, 0.29) is 24.9 Å². The summed E-state index contributed by atoms with van der Waals surface area (Å²) in [5.74, 6) is -1.14. The smallest absolute Gasteiger partial charge is 0.317 e. The normalized spacial score (nSPS) is 11.5. The number of benzene rings is 2. The molecule has 2 aromatic carbocycles. The molecule has 0 bridgehead atoms. The van der Waals surface area contributed by atoms with Crippen LogP contribution in [-0.2, 0) is 9.59 Å². The van der Waals surface area contributed by atoms with Gasteiger partial charge in [0.25, 0.3) is 0 Å². The molecule has 5 nitrogen and oxygen atoms in total. The van der Waals surface area contributed by atoms with E-state index in [0.29, 0.717) is 6.54 Å². The number of anilines is 1. The van der Waals surface area contributed by atoms with Gasteiger partial charge in [0.2, 0.25) is 5.91 Å². The van der Waals surface area contributed by atoms with Crippen LogP contribution in [0.25, 0.3) is 11.1 Å². The fourth-order valence-electron chi connectivity index (χ4n) is 2.74. The predicted octanol–water partition coefficient (Wildman–Crippen LogP) is 3.90. The van der Waals surface area contributed by atoms with E-state index in [1.807, 2.05) is 61.5 Å². The molecule has 26 heavy (non-hydrogen) atoms. The van der Waals surface area contributed by atoms with E-state index >= 15 is 0 Å². The van der Waals surface area contributed by atoms with E-state index in [0.717, 1.165) is 23.2 Å². The van der Waals surface area contributed by atoms with Crippen LogP contribution in [0.5, 0.6) is 0 Å². The monoisotopic (exact) mass is 376 g/mol. The first-order valence-electron chi connectivity index (χ1n) is 8.44. The Morgan fingerprint density at radius 3 is 2.31 bits per heavy atom. The first kappa shape index (κ1) is 21.7. The van der Waals surface area contributed by atoms with Gasteiger partial charge in [-0.05, 0) is 31.5 Å². The van der Waals surface area contributed by atoms with Crippen molar-refractivity contribution in [1.29, 1.82) is 0 Å². The van der Waals surface area contributed by atoms with Gasteiger partial charge in [-0.15, -0.1) is 12.4 Å². The van der Waals surface area contributed by atoms with Crippen LogP contribution in [0.3, 0.4) is 0 Å². The molecule has 6 heteroatoms. The highest BCUT2D eigenvalue weighted by Gasteiger charge is 2.23. The minimum absolute atomic E-state index is 0. The number of carbonyl (C=O) groups is 2. The number of nitrogens with one attached hydrogen (secondary N) is 1. The number of para-hydroxylation sites is 1.